The molecule has 2 nitrogen and oxygen atoms in total. The Bertz CT molecular complexity index is 246. The van der Waals surface area contributed by atoms with Crippen LogP contribution in [0.2, 0.25) is 0 Å². The molecule has 1 radical (unpaired) electrons. The van der Waals surface area contributed by atoms with Gasteiger partial charge in [0, 0.05) is 6.08 Å². The molecule has 1 unspecified atom stereocenters. The van der Waals surface area contributed by atoms with E-state index in [-0.39, 0.29) is 4.65 Å². The lowest BCUT2D eigenvalue weighted by Gasteiger charge is -2.31. The summed E-state index contributed by atoms with van der Waals surface area (Å²) in [5, 5.41) is 11.8. The van der Waals surface area contributed by atoms with E-state index in [1.165, 1.54) is 57.8 Å². The van der Waals surface area contributed by atoms with Crippen molar-refractivity contribution >= 4 is 0 Å². The molecule has 0 aromatic rings. The zero-order valence-corrected chi connectivity index (χ0v) is 11.9. The minimum atomic E-state index is -0.364. The molecule has 1 rings (SSSR count). The first-order chi connectivity index (χ1) is 8.77. The molecule has 0 spiro atoms. The van der Waals surface area contributed by atoms with Gasteiger partial charge in [-0.25, -0.2) is 0 Å². The van der Waals surface area contributed by atoms with Crippen LogP contribution in [-0.2, 0) is 0 Å². The van der Waals surface area contributed by atoms with Gasteiger partial charge in [-0.3, -0.25) is 4.65 Å². The third kappa shape index (κ3) is 6.97. The predicted octanol–water partition coefficient (Wildman–Crippen LogP) is 5.07. The average Bonchev–Trinajstić information content (AvgIpc) is 2.79. The van der Waals surface area contributed by atoms with Gasteiger partial charge in [0.05, 0.1) is 6.54 Å². The third-order valence-corrected chi connectivity index (χ3v) is 3.56. The zero-order chi connectivity index (χ0) is 13.1. The van der Waals surface area contributed by atoms with Crippen LogP contribution in [0.4, 0.5) is 0 Å². The van der Waals surface area contributed by atoms with Crippen LogP contribution in [-0.4, -0.2) is 11.2 Å². The van der Waals surface area contributed by atoms with E-state index in [0.29, 0.717) is 6.54 Å². The first-order valence-corrected chi connectivity index (χ1v) is 7.64. The van der Waals surface area contributed by atoms with E-state index < -0.39 is 0 Å². The molecule has 103 valence electrons. The largest absolute Gasteiger partial charge is 0.622 e. The number of unbranched alkanes of at least 4 members (excludes halogenated alkanes) is 9. The second-order valence-corrected chi connectivity index (χ2v) is 5.34. The fourth-order valence-electron chi connectivity index (χ4n) is 2.37. The van der Waals surface area contributed by atoms with Gasteiger partial charge in [-0.1, -0.05) is 58.3 Å². The molecule has 0 N–H and O–H groups in total. The van der Waals surface area contributed by atoms with Gasteiger partial charge in [-0.05, 0) is 18.9 Å². The molecule has 0 aliphatic carbocycles. The minimum Gasteiger partial charge on any atom is -0.622 e. The second-order valence-electron chi connectivity index (χ2n) is 5.34. The summed E-state index contributed by atoms with van der Waals surface area (Å²) in [6.07, 6.45) is 21.1. The smallest absolute Gasteiger partial charge is 0.199 e. The maximum atomic E-state index is 11.8. The summed E-state index contributed by atoms with van der Waals surface area (Å²) in [5.41, 5.74) is 0. The van der Waals surface area contributed by atoms with Crippen LogP contribution in [0.25, 0.3) is 0 Å². The van der Waals surface area contributed by atoms with E-state index in [4.69, 9.17) is 0 Å². The van der Waals surface area contributed by atoms with Gasteiger partial charge in [0.25, 0.3) is 0 Å². The van der Waals surface area contributed by atoms with Crippen molar-refractivity contribution < 1.29 is 4.65 Å². The van der Waals surface area contributed by atoms with Crippen molar-refractivity contribution in [3.63, 3.8) is 0 Å². The summed E-state index contributed by atoms with van der Waals surface area (Å²) in [6.45, 7) is 2.91. The highest BCUT2D eigenvalue weighted by Crippen LogP contribution is 2.16. The monoisotopic (exact) mass is 250 g/mol. The summed E-state index contributed by atoms with van der Waals surface area (Å²) < 4.78 is -0.364. The van der Waals surface area contributed by atoms with E-state index in [9.17, 15) is 5.21 Å². The average molecular weight is 250 g/mol. The highest BCUT2D eigenvalue weighted by atomic mass is 16.5. The van der Waals surface area contributed by atoms with Crippen molar-refractivity contribution in [2.75, 3.05) is 6.54 Å². The molecule has 0 fully saturated rings. The third-order valence-electron chi connectivity index (χ3n) is 3.56. The summed E-state index contributed by atoms with van der Waals surface area (Å²) in [5.74, 6) is 0. The normalized spacial score (nSPS) is 16.6. The fourth-order valence-corrected chi connectivity index (χ4v) is 2.37. The van der Waals surface area contributed by atoms with Crippen LogP contribution in [0, 0.1) is 11.4 Å². The Labute approximate surface area is 113 Å². The zero-order valence-electron chi connectivity index (χ0n) is 11.9. The van der Waals surface area contributed by atoms with Gasteiger partial charge < -0.3 is 5.21 Å². The Kier molecular flexibility index (Phi) is 8.03. The topological polar surface area (TPSA) is 23.1 Å². The van der Waals surface area contributed by atoms with Crippen LogP contribution < -0.4 is 0 Å². The number of allylic oxidation sites excluding steroid dienone is 2. The van der Waals surface area contributed by atoms with Crippen molar-refractivity contribution in [3.05, 3.63) is 29.8 Å². The highest BCUT2D eigenvalue weighted by Gasteiger charge is 2.13. The molecule has 0 aromatic heterocycles. The van der Waals surface area contributed by atoms with Crippen molar-refractivity contribution in [2.45, 2.75) is 71.1 Å². The number of nitrogens with zero attached hydrogens (tertiary/aromatic N) is 1. The van der Waals surface area contributed by atoms with E-state index in [2.05, 4.69) is 13.1 Å². The Hall–Kier alpha value is -0.600. The van der Waals surface area contributed by atoms with E-state index in [0.717, 1.165) is 6.42 Å². The molecular weight excluding hydrogens is 222 g/mol. The lowest BCUT2D eigenvalue weighted by Crippen LogP contribution is -2.29. The number of quaternary nitrogens is 1. The van der Waals surface area contributed by atoms with Gasteiger partial charge in [-0.15, -0.1) is 0 Å². The quantitative estimate of drug-likeness (QED) is 0.285. The van der Waals surface area contributed by atoms with E-state index in [1.807, 2.05) is 0 Å². The Morgan fingerprint density at radius 1 is 0.889 bits per heavy atom. The molecule has 0 saturated carbocycles. The van der Waals surface area contributed by atoms with Crippen molar-refractivity contribution in [3.8, 4) is 0 Å². The van der Waals surface area contributed by atoms with Crippen LogP contribution in [0.3, 0.4) is 0 Å². The molecule has 0 amide bonds. The predicted molar refractivity (Wildman–Crippen MR) is 77.3 cm³/mol. The summed E-state index contributed by atoms with van der Waals surface area (Å²) in [4.78, 5) is 0. The van der Waals surface area contributed by atoms with Crippen LogP contribution in [0.5, 0.6) is 0 Å². The molecule has 2 heteroatoms. The van der Waals surface area contributed by atoms with Crippen molar-refractivity contribution in [1.82, 2.24) is 0 Å². The maximum absolute atomic E-state index is 11.8. The summed E-state index contributed by atoms with van der Waals surface area (Å²) >= 11 is 0. The molecule has 18 heavy (non-hydrogen) atoms. The SMILES string of the molecule is CCCCCCCCCCCC[N+]1([O-])[C]=CC=C1. The van der Waals surface area contributed by atoms with Gasteiger partial charge >= 0.3 is 0 Å². The number of hydroxylamine groups is 3. The lowest BCUT2D eigenvalue weighted by atomic mass is 10.1. The molecular formula is C16H28NO. The highest BCUT2D eigenvalue weighted by molar-refractivity contribution is 5.00. The molecule has 1 aliphatic rings. The minimum absolute atomic E-state index is 0.364. The number of hydrogen-bond acceptors (Lipinski definition) is 1. The summed E-state index contributed by atoms with van der Waals surface area (Å²) in [6, 6.07) is 0. The molecule has 1 heterocycles. The fraction of sp³-hybridized carbons (Fsp3) is 0.750. The molecule has 1 aliphatic heterocycles. The molecule has 0 saturated heterocycles. The summed E-state index contributed by atoms with van der Waals surface area (Å²) in [7, 11) is 0. The van der Waals surface area contributed by atoms with Gasteiger partial charge in [-0.2, -0.15) is 0 Å². The van der Waals surface area contributed by atoms with Gasteiger partial charge in [0.15, 0.2) is 6.20 Å². The van der Waals surface area contributed by atoms with Gasteiger partial charge in [0.2, 0.25) is 0 Å². The maximum Gasteiger partial charge on any atom is 0.199 e. The molecule has 0 bridgehead atoms. The Balaban J connectivity index is 1.82. The number of rotatable bonds is 11. The Morgan fingerprint density at radius 3 is 1.94 bits per heavy atom. The molecule has 0 aromatic carbocycles. The molecule has 1 atom stereocenters. The Morgan fingerprint density at radius 2 is 1.44 bits per heavy atom. The standard InChI is InChI=1S/C16H28NO/c1-2-3-4-5-6-7-8-9-10-11-14-17(18)15-12-13-16-17/h12-13,15H,2-11,14H2,1H3. The van der Waals surface area contributed by atoms with E-state index in [1.54, 1.807) is 18.4 Å². The van der Waals surface area contributed by atoms with E-state index >= 15 is 0 Å². The van der Waals surface area contributed by atoms with Crippen molar-refractivity contribution in [2.24, 2.45) is 0 Å². The van der Waals surface area contributed by atoms with Crippen LogP contribution in [0.15, 0.2) is 18.4 Å². The van der Waals surface area contributed by atoms with Crippen LogP contribution in [0.1, 0.15) is 71.1 Å². The number of hydrogen-bond donors (Lipinski definition) is 0. The second kappa shape index (κ2) is 9.35. The first kappa shape index (κ1) is 15.5. The van der Waals surface area contributed by atoms with Crippen LogP contribution >= 0.6 is 0 Å². The van der Waals surface area contributed by atoms with Gasteiger partial charge in [0.1, 0.15) is 6.20 Å². The van der Waals surface area contributed by atoms with Crippen molar-refractivity contribution in [1.29, 1.82) is 0 Å². The lowest BCUT2D eigenvalue weighted by molar-refractivity contribution is -0.784. The first-order valence-electron chi connectivity index (χ1n) is 7.64.